The number of carbonyl (C=O) groups excluding carboxylic acids is 1. The standard InChI is InChI=1S/C15H19F2NO/c1-3-15(4-2)6-5-13(18-14(15)19)10-7-11(16)9-12(17)8-10/h7-9,13H,3-6H2,1-2H3,(H,18,19). The molecule has 1 fully saturated rings. The molecule has 0 aromatic heterocycles. The van der Waals surface area contributed by atoms with Crippen LogP contribution in [-0.2, 0) is 4.79 Å². The van der Waals surface area contributed by atoms with Crippen LogP contribution < -0.4 is 5.32 Å². The third kappa shape index (κ3) is 2.62. The number of carbonyl (C=O) groups is 1. The van der Waals surface area contributed by atoms with Crippen molar-refractivity contribution in [2.45, 2.75) is 45.6 Å². The van der Waals surface area contributed by atoms with Gasteiger partial charge in [-0.05, 0) is 43.4 Å². The van der Waals surface area contributed by atoms with E-state index in [0.29, 0.717) is 5.56 Å². The fraction of sp³-hybridized carbons (Fsp3) is 0.533. The molecule has 1 atom stereocenters. The summed E-state index contributed by atoms with van der Waals surface area (Å²) in [4.78, 5) is 12.2. The van der Waals surface area contributed by atoms with Crippen molar-refractivity contribution in [2.24, 2.45) is 5.41 Å². The van der Waals surface area contributed by atoms with Crippen molar-refractivity contribution in [1.82, 2.24) is 5.32 Å². The van der Waals surface area contributed by atoms with Gasteiger partial charge in [0.25, 0.3) is 0 Å². The summed E-state index contributed by atoms with van der Waals surface area (Å²) >= 11 is 0. The van der Waals surface area contributed by atoms with Crippen molar-refractivity contribution < 1.29 is 13.6 Å². The minimum absolute atomic E-state index is 0.00146. The average molecular weight is 267 g/mol. The molecule has 1 amide bonds. The summed E-state index contributed by atoms with van der Waals surface area (Å²) in [5, 5.41) is 2.91. The first-order chi connectivity index (χ1) is 9.00. The molecule has 2 rings (SSSR count). The Morgan fingerprint density at radius 1 is 1.21 bits per heavy atom. The van der Waals surface area contributed by atoms with Crippen LogP contribution in [0.3, 0.4) is 0 Å². The Morgan fingerprint density at radius 2 is 1.79 bits per heavy atom. The lowest BCUT2D eigenvalue weighted by atomic mass is 9.73. The molecule has 1 heterocycles. The number of benzene rings is 1. The predicted molar refractivity (Wildman–Crippen MR) is 69.5 cm³/mol. The fourth-order valence-corrected chi connectivity index (χ4v) is 2.87. The topological polar surface area (TPSA) is 29.1 Å². The number of rotatable bonds is 3. The number of amides is 1. The number of halogens is 2. The third-order valence-electron chi connectivity index (χ3n) is 4.34. The Hall–Kier alpha value is -1.45. The van der Waals surface area contributed by atoms with E-state index in [0.717, 1.165) is 31.7 Å². The molecule has 1 saturated heterocycles. The molecule has 0 spiro atoms. The molecular weight excluding hydrogens is 248 g/mol. The summed E-state index contributed by atoms with van der Waals surface area (Å²) in [7, 11) is 0. The van der Waals surface area contributed by atoms with Gasteiger partial charge in [0.1, 0.15) is 11.6 Å². The first-order valence-corrected chi connectivity index (χ1v) is 6.77. The lowest BCUT2D eigenvalue weighted by Crippen LogP contribution is -2.46. The van der Waals surface area contributed by atoms with Crippen molar-refractivity contribution in [3.05, 3.63) is 35.4 Å². The van der Waals surface area contributed by atoms with Gasteiger partial charge in [0.2, 0.25) is 5.91 Å². The molecule has 1 aliphatic rings. The monoisotopic (exact) mass is 267 g/mol. The third-order valence-corrected chi connectivity index (χ3v) is 4.34. The Kier molecular flexibility index (Phi) is 3.88. The molecule has 2 nitrogen and oxygen atoms in total. The quantitative estimate of drug-likeness (QED) is 0.888. The van der Waals surface area contributed by atoms with Gasteiger partial charge in [0, 0.05) is 11.5 Å². The maximum Gasteiger partial charge on any atom is 0.226 e. The Labute approximate surface area is 112 Å². The van der Waals surface area contributed by atoms with Crippen LogP contribution in [0.5, 0.6) is 0 Å². The summed E-state index contributed by atoms with van der Waals surface area (Å²) in [5.74, 6) is -1.21. The normalized spacial score (nSPS) is 22.1. The number of piperidine rings is 1. The van der Waals surface area contributed by atoms with Crippen LogP contribution in [-0.4, -0.2) is 5.91 Å². The first kappa shape index (κ1) is 14.0. The van der Waals surface area contributed by atoms with E-state index in [1.807, 2.05) is 13.8 Å². The van der Waals surface area contributed by atoms with E-state index in [9.17, 15) is 13.6 Å². The van der Waals surface area contributed by atoms with Crippen molar-refractivity contribution in [3.63, 3.8) is 0 Å². The molecule has 1 aliphatic heterocycles. The minimum Gasteiger partial charge on any atom is -0.349 e. The Morgan fingerprint density at radius 3 is 2.26 bits per heavy atom. The van der Waals surface area contributed by atoms with E-state index in [1.54, 1.807) is 0 Å². The van der Waals surface area contributed by atoms with Crippen LogP contribution in [0, 0.1) is 17.0 Å². The molecule has 0 aliphatic carbocycles. The van der Waals surface area contributed by atoms with Crippen LogP contribution in [0.25, 0.3) is 0 Å². The molecule has 4 heteroatoms. The van der Waals surface area contributed by atoms with Crippen LogP contribution in [0.4, 0.5) is 8.78 Å². The van der Waals surface area contributed by atoms with E-state index in [-0.39, 0.29) is 17.4 Å². The van der Waals surface area contributed by atoms with E-state index in [2.05, 4.69) is 5.32 Å². The molecule has 19 heavy (non-hydrogen) atoms. The maximum atomic E-state index is 13.2. The molecule has 104 valence electrons. The molecule has 1 aromatic carbocycles. The van der Waals surface area contributed by atoms with E-state index >= 15 is 0 Å². The van der Waals surface area contributed by atoms with E-state index in [1.165, 1.54) is 12.1 Å². The molecule has 0 radical (unpaired) electrons. The zero-order chi connectivity index (χ0) is 14.0. The highest BCUT2D eigenvalue weighted by Gasteiger charge is 2.40. The molecular formula is C15H19F2NO. The summed E-state index contributed by atoms with van der Waals surface area (Å²) in [5.41, 5.74) is 0.189. The van der Waals surface area contributed by atoms with Crippen LogP contribution in [0.15, 0.2) is 18.2 Å². The fourth-order valence-electron chi connectivity index (χ4n) is 2.87. The second-order valence-corrected chi connectivity index (χ2v) is 5.25. The van der Waals surface area contributed by atoms with Crippen molar-refractivity contribution in [3.8, 4) is 0 Å². The van der Waals surface area contributed by atoms with Gasteiger partial charge in [0.05, 0.1) is 6.04 Å². The second-order valence-electron chi connectivity index (χ2n) is 5.25. The van der Waals surface area contributed by atoms with Crippen LogP contribution in [0.2, 0.25) is 0 Å². The smallest absolute Gasteiger partial charge is 0.226 e. The van der Waals surface area contributed by atoms with Crippen molar-refractivity contribution in [2.75, 3.05) is 0 Å². The average Bonchev–Trinajstić information content (AvgIpc) is 2.38. The van der Waals surface area contributed by atoms with Gasteiger partial charge in [-0.15, -0.1) is 0 Å². The minimum atomic E-state index is -0.605. The summed E-state index contributed by atoms with van der Waals surface area (Å²) in [6.07, 6.45) is 3.06. The highest BCUT2D eigenvalue weighted by molar-refractivity contribution is 5.83. The van der Waals surface area contributed by atoms with E-state index in [4.69, 9.17) is 0 Å². The van der Waals surface area contributed by atoms with Gasteiger partial charge in [0.15, 0.2) is 0 Å². The van der Waals surface area contributed by atoms with Gasteiger partial charge in [-0.3, -0.25) is 4.79 Å². The molecule has 0 bridgehead atoms. The Bertz CT molecular complexity index is 463. The SMILES string of the molecule is CCC1(CC)CCC(c2cc(F)cc(F)c2)NC1=O. The lowest BCUT2D eigenvalue weighted by Gasteiger charge is -2.38. The van der Waals surface area contributed by atoms with Gasteiger partial charge < -0.3 is 5.32 Å². The molecule has 1 N–H and O–H groups in total. The highest BCUT2D eigenvalue weighted by Crippen LogP contribution is 2.39. The number of nitrogens with one attached hydrogen (secondary N) is 1. The summed E-state index contributed by atoms with van der Waals surface area (Å²) in [6.45, 7) is 4.01. The van der Waals surface area contributed by atoms with Crippen LogP contribution >= 0.6 is 0 Å². The molecule has 0 saturated carbocycles. The molecule has 1 aromatic rings. The lowest BCUT2D eigenvalue weighted by molar-refractivity contribution is -0.135. The van der Waals surface area contributed by atoms with Gasteiger partial charge >= 0.3 is 0 Å². The Balaban J connectivity index is 2.20. The van der Waals surface area contributed by atoms with Crippen LogP contribution in [0.1, 0.15) is 51.1 Å². The summed E-state index contributed by atoms with van der Waals surface area (Å²) in [6, 6.07) is 3.14. The predicted octanol–water partition coefficient (Wildman–Crippen LogP) is 3.72. The van der Waals surface area contributed by atoms with Gasteiger partial charge in [-0.25, -0.2) is 8.78 Å². The van der Waals surface area contributed by atoms with Gasteiger partial charge in [-0.1, -0.05) is 13.8 Å². The second kappa shape index (κ2) is 5.27. The zero-order valence-corrected chi connectivity index (χ0v) is 11.3. The summed E-state index contributed by atoms with van der Waals surface area (Å²) < 4.78 is 26.4. The highest BCUT2D eigenvalue weighted by atomic mass is 19.1. The zero-order valence-electron chi connectivity index (χ0n) is 11.3. The first-order valence-electron chi connectivity index (χ1n) is 6.77. The number of hydrogen-bond donors (Lipinski definition) is 1. The number of hydrogen-bond acceptors (Lipinski definition) is 1. The van der Waals surface area contributed by atoms with Crippen molar-refractivity contribution in [1.29, 1.82) is 0 Å². The van der Waals surface area contributed by atoms with Crippen molar-refractivity contribution >= 4 is 5.91 Å². The largest absolute Gasteiger partial charge is 0.349 e. The van der Waals surface area contributed by atoms with Gasteiger partial charge in [-0.2, -0.15) is 0 Å². The maximum absolute atomic E-state index is 13.2. The molecule has 1 unspecified atom stereocenters. The van der Waals surface area contributed by atoms with E-state index < -0.39 is 11.6 Å².